The van der Waals surface area contributed by atoms with Crippen molar-refractivity contribution >= 4 is 57.3 Å². The van der Waals surface area contributed by atoms with E-state index < -0.39 is 11.8 Å². The highest BCUT2D eigenvalue weighted by Gasteiger charge is 2.43. The summed E-state index contributed by atoms with van der Waals surface area (Å²) in [5, 5.41) is 0. The number of thiocarbonyl (C=S) groups is 1. The van der Waals surface area contributed by atoms with E-state index in [1.807, 2.05) is 37.3 Å². The van der Waals surface area contributed by atoms with E-state index >= 15 is 0 Å². The van der Waals surface area contributed by atoms with Crippen molar-refractivity contribution in [1.82, 2.24) is 4.90 Å². The molecule has 2 aromatic carbocycles. The summed E-state index contributed by atoms with van der Waals surface area (Å²) in [6.45, 7) is 1.65. The van der Waals surface area contributed by atoms with E-state index in [0.717, 1.165) is 17.3 Å². The molecule has 4 rings (SSSR count). The van der Waals surface area contributed by atoms with Gasteiger partial charge in [-0.2, -0.15) is 0 Å². The van der Waals surface area contributed by atoms with E-state index in [4.69, 9.17) is 18.0 Å². The molecular weight excluding hydrogens is 406 g/mol. The van der Waals surface area contributed by atoms with Crippen molar-refractivity contribution in [3.8, 4) is 0 Å². The third kappa shape index (κ3) is 3.24. The van der Waals surface area contributed by atoms with Crippen LogP contribution in [0.4, 0.5) is 5.69 Å². The zero-order valence-electron chi connectivity index (χ0n) is 15.5. The van der Waals surface area contributed by atoms with Gasteiger partial charge in [-0.1, -0.05) is 72.5 Å². The first kappa shape index (κ1) is 19.4. The number of benzene rings is 2. The molecule has 3 amide bonds. The maximum absolute atomic E-state index is 13.3. The predicted molar refractivity (Wildman–Crippen MR) is 117 cm³/mol. The highest BCUT2D eigenvalue weighted by molar-refractivity contribution is 8.26. The zero-order chi connectivity index (χ0) is 20.7. The predicted octanol–water partition coefficient (Wildman–Crippen LogP) is 2.85. The summed E-state index contributed by atoms with van der Waals surface area (Å²) < 4.78 is 0.396. The molecule has 146 valence electrons. The largest absolute Gasteiger partial charge is 0.368 e. The van der Waals surface area contributed by atoms with E-state index in [0.29, 0.717) is 15.6 Å². The maximum atomic E-state index is 13.3. The molecule has 1 atom stereocenters. The summed E-state index contributed by atoms with van der Waals surface area (Å²) in [4.78, 5) is 41.0. The van der Waals surface area contributed by atoms with E-state index in [-0.39, 0.29) is 29.0 Å². The van der Waals surface area contributed by atoms with E-state index in [1.165, 1.54) is 9.80 Å². The van der Waals surface area contributed by atoms with Gasteiger partial charge < -0.3 is 5.73 Å². The van der Waals surface area contributed by atoms with E-state index in [1.54, 1.807) is 24.3 Å². The fourth-order valence-electron chi connectivity index (χ4n) is 3.56. The number of anilines is 1. The molecule has 2 aromatic rings. The first-order valence-corrected chi connectivity index (χ1v) is 10.2. The molecule has 0 radical (unpaired) electrons. The van der Waals surface area contributed by atoms with Crippen molar-refractivity contribution in [2.75, 3.05) is 11.4 Å². The summed E-state index contributed by atoms with van der Waals surface area (Å²) in [7, 11) is 0. The van der Waals surface area contributed by atoms with Crippen LogP contribution < -0.4 is 10.6 Å². The number of hydrogen-bond acceptors (Lipinski definition) is 5. The van der Waals surface area contributed by atoms with E-state index in [9.17, 15) is 14.4 Å². The second-order valence-electron chi connectivity index (χ2n) is 6.71. The molecule has 0 spiro atoms. The van der Waals surface area contributed by atoms with Gasteiger partial charge in [0.15, 0.2) is 0 Å². The summed E-state index contributed by atoms with van der Waals surface area (Å²) in [5.41, 5.74) is 7.70. The minimum atomic E-state index is -0.625. The second kappa shape index (κ2) is 7.46. The van der Waals surface area contributed by atoms with Crippen molar-refractivity contribution in [3.63, 3.8) is 0 Å². The Bertz CT molecular complexity index is 1080. The topological polar surface area (TPSA) is 83.7 Å². The van der Waals surface area contributed by atoms with Crippen molar-refractivity contribution in [3.05, 3.63) is 70.6 Å². The fourth-order valence-corrected chi connectivity index (χ4v) is 5.05. The molecule has 8 heteroatoms. The minimum absolute atomic E-state index is 0.250. The minimum Gasteiger partial charge on any atom is -0.368 e. The molecule has 2 N–H and O–H groups in total. The molecule has 2 heterocycles. The first-order chi connectivity index (χ1) is 13.9. The van der Waals surface area contributed by atoms with Crippen LogP contribution >= 0.6 is 24.0 Å². The molecule has 0 aromatic heterocycles. The third-order valence-electron chi connectivity index (χ3n) is 4.93. The standard InChI is InChI=1S/C21H17N3O3S2/c1-12(13-7-3-2-4-8-13)24-20(27)18(29-21(24)28)17-14-9-5-6-10-15(14)23(19(17)26)11-16(22)25/h2-10,12H,11H2,1H3,(H2,22,25)/b18-17-/t12-/m0/s1. The normalized spacial score (nSPS) is 19.7. The molecular formula is C21H17N3O3S2. The van der Waals surface area contributed by atoms with Crippen LogP contribution in [0.25, 0.3) is 5.57 Å². The smallest absolute Gasteiger partial charge is 0.267 e. The molecule has 2 aliphatic heterocycles. The zero-order valence-corrected chi connectivity index (χ0v) is 17.1. The molecule has 0 bridgehead atoms. The lowest BCUT2D eigenvalue weighted by molar-refractivity contribution is -0.123. The van der Waals surface area contributed by atoms with Crippen molar-refractivity contribution in [1.29, 1.82) is 0 Å². The van der Waals surface area contributed by atoms with Crippen LogP contribution in [0.5, 0.6) is 0 Å². The number of rotatable bonds is 4. The van der Waals surface area contributed by atoms with Gasteiger partial charge in [-0.3, -0.25) is 24.2 Å². The third-order valence-corrected chi connectivity index (χ3v) is 6.33. The molecule has 29 heavy (non-hydrogen) atoms. The Morgan fingerprint density at radius 1 is 1.07 bits per heavy atom. The molecule has 1 saturated heterocycles. The van der Waals surface area contributed by atoms with Crippen molar-refractivity contribution < 1.29 is 14.4 Å². The van der Waals surface area contributed by atoms with Gasteiger partial charge in [-0.15, -0.1) is 0 Å². The number of carbonyl (C=O) groups excluding carboxylic acids is 3. The summed E-state index contributed by atoms with van der Waals surface area (Å²) in [6.07, 6.45) is 0. The number of fused-ring (bicyclic) bond motifs is 1. The Morgan fingerprint density at radius 2 is 1.72 bits per heavy atom. The van der Waals surface area contributed by atoms with Gasteiger partial charge in [0.05, 0.1) is 22.2 Å². The van der Waals surface area contributed by atoms with Crippen molar-refractivity contribution in [2.24, 2.45) is 5.73 Å². The summed E-state index contributed by atoms with van der Waals surface area (Å²) in [6, 6.07) is 16.4. The van der Waals surface area contributed by atoms with Gasteiger partial charge in [0, 0.05) is 5.56 Å². The van der Waals surface area contributed by atoms with Crippen molar-refractivity contribution in [2.45, 2.75) is 13.0 Å². The number of primary amides is 1. The Balaban J connectivity index is 1.78. The number of thioether (sulfide) groups is 1. The SMILES string of the molecule is C[C@@H](c1ccccc1)N1C(=O)/C(=C2/C(=O)N(CC(N)=O)c3ccccc32)SC1=S. The number of amides is 3. The number of hydrogen-bond donors (Lipinski definition) is 1. The Hall–Kier alpha value is -2.97. The van der Waals surface area contributed by atoms with Crippen LogP contribution in [0.3, 0.4) is 0 Å². The summed E-state index contributed by atoms with van der Waals surface area (Å²) >= 11 is 6.59. The lowest BCUT2D eigenvalue weighted by atomic mass is 10.1. The Kier molecular flexibility index (Phi) is 4.97. The van der Waals surface area contributed by atoms with Gasteiger partial charge in [-0.25, -0.2) is 0 Å². The Labute approximate surface area is 177 Å². The first-order valence-electron chi connectivity index (χ1n) is 8.94. The quantitative estimate of drug-likeness (QED) is 0.604. The lowest BCUT2D eigenvalue weighted by Gasteiger charge is -2.23. The van der Waals surface area contributed by atoms with Crippen LogP contribution in [0.2, 0.25) is 0 Å². The van der Waals surface area contributed by atoms with Gasteiger partial charge >= 0.3 is 0 Å². The number of nitrogens with two attached hydrogens (primary N) is 1. The summed E-state index contributed by atoms with van der Waals surface area (Å²) in [5.74, 6) is -1.35. The number of nitrogens with zero attached hydrogens (tertiary/aromatic N) is 2. The van der Waals surface area contributed by atoms with E-state index in [2.05, 4.69) is 0 Å². The maximum Gasteiger partial charge on any atom is 0.267 e. The molecule has 1 fully saturated rings. The van der Waals surface area contributed by atoms with Crippen LogP contribution in [-0.2, 0) is 14.4 Å². The highest BCUT2D eigenvalue weighted by Crippen LogP contribution is 2.46. The van der Waals surface area contributed by atoms with Gasteiger partial charge in [0.1, 0.15) is 10.9 Å². The van der Waals surface area contributed by atoms with Crippen LogP contribution in [0.1, 0.15) is 24.1 Å². The molecule has 2 aliphatic rings. The fraction of sp³-hybridized carbons (Fsp3) is 0.143. The second-order valence-corrected chi connectivity index (χ2v) is 8.35. The van der Waals surface area contributed by atoms with Gasteiger partial charge in [-0.05, 0) is 18.6 Å². The lowest BCUT2D eigenvalue weighted by Crippen LogP contribution is -2.36. The molecule has 6 nitrogen and oxygen atoms in total. The number of carbonyl (C=O) groups is 3. The highest BCUT2D eigenvalue weighted by atomic mass is 32.2. The molecule has 0 aliphatic carbocycles. The average molecular weight is 424 g/mol. The molecule has 0 saturated carbocycles. The van der Waals surface area contributed by atoms with Crippen LogP contribution in [0, 0.1) is 0 Å². The Morgan fingerprint density at radius 3 is 2.41 bits per heavy atom. The van der Waals surface area contributed by atoms with Gasteiger partial charge in [0.2, 0.25) is 5.91 Å². The van der Waals surface area contributed by atoms with Crippen LogP contribution in [0.15, 0.2) is 59.5 Å². The monoisotopic (exact) mass is 423 g/mol. The van der Waals surface area contributed by atoms with Gasteiger partial charge in [0.25, 0.3) is 11.8 Å². The number of para-hydroxylation sites is 1. The van der Waals surface area contributed by atoms with Crippen LogP contribution in [-0.4, -0.2) is 33.5 Å². The molecule has 0 unspecified atom stereocenters. The average Bonchev–Trinajstić information content (AvgIpc) is 3.14.